The van der Waals surface area contributed by atoms with Crippen molar-refractivity contribution in [1.29, 1.82) is 0 Å². The summed E-state index contributed by atoms with van der Waals surface area (Å²) in [5.41, 5.74) is 2.03. The van der Waals surface area contributed by atoms with Gasteiger partial charge in [-0.3, -0.25) is 9.69 Å². The molecule has 1 amide bonds. The molecule has 2 aliphatic heterocycles. The van der Waals surface area contributed by atoms with Crippen LogP contribution in [0.5, 0.6) is 0 Å². The molecule has 0 N–H and O–H groups in total. The van der Waals surface area contributed by atoms with Gasteiger partial charge in [-0.1, -0.05) is 6.07 Å². The molecule has 128 valence electrons. The molecule has 1 atom stereocenters. The molecule has 0 aliphatic carbocycles. The summed E-state index contributed by atoms with van der Waals surface area (Å²) in [4.78, 5) is 17.1. The summed E-state index contributed by atoms with van der Waals surface area (Å²) in [6, 6.07) is 5.95. The lowest BCUT2D eigenvalue weighted by Crippen LogP contribution is -2.40. The molecule has 2 aromatic rings. The van der Waals surface area contributed by atoms with Gasteiger partial charge >= 0.3 is 0 Å². The third-order valence-corrected chi connectivity index (χ3v) is 5.11. The van der Waals surface area contributed by atoms with E-state index in [-0.39, 0.29) is 5.91 Å². The Morgan fingerprint density at radius 3 is 3.00 bits per heavy atom. The van der Waals surface area contributed by atoms with Crippen LogP contribution in [0.4, 0.5) is 0 Å². The smallest absolute Gasteiger partial charge is 0.227 e. The van der Waals surface area contributed by atoms with Crippen molar-refractivity contribution in [3.05, 3.63) is 36.2 Å². The molecule has 1 unspecified atom stereocenters. The highest BCUT2D eigenvalue weighted by Gasteiger charge is 2.28. The second kappa shape index (κ2) is 6.91. The zero-order chi connectivity index (χ0) is 16.4. The lowest BCUT2D eigenvalue weighted by molar-refractivity contribution is -0.129. The van der Waals surface area contributed by atoms with E-state index in [0.717, 1.165) is 63.4 Å². The number of hydrogen-bond acceptors (Lipinski definition) is 4. The number of amides is 1. The standard InChI is InChI=1S/C18H24N4O2/c23-18(11-16-12-19-22-5-2-1-3-17(16)22)21-6-4-15(14-21)13-20-7-9-24-10-8-20/h1-3,5,12,15H,4,6-11,13-14H2. The molecule has 6 nitrogen and oxygen atoms in total. The Morgan fingerprint density at radius 1 is 1.25 bits per heavy atom. The normalized spacial score (nSPS) is 22.3. The van der Waals surface area contributed by atoms with Crippen LogP contribution in [0.2, 0.25) is 0 Å². The van der Waals surface area contributed by atoms with Gasteiger partial charge in [-0.15, -0.1) is 0 Å². The van der Waals surface area contributed by atoms with Crippen molar-refractivity contribution in [1.82, 2.24) is 19.4 Å². The molecule has 2 aromatic heterocycles. The molecule has 0 saturated carbocycles. The summed E-state index contributed by atoms with van der Waals surface area (Å²) in [7, 11) is 0. The lowest BCUT2D eigenvalue weighted by Gasteiger charge is -2.29. The summed E-state index contributed by atoms with van der Waals surface area (Å²) >= 11 is 0. The Bertz CT molecular complexity index is 708. The van der Waals surface area contributed by atoms with Crippen LogP contribution < -0.4 is 0 Å². The minimum absolute atomic E-state index is 0.221. The number of hydrogen-bond donors (Lipinski definition) is 0. The van der Waals surface area contributed by atoms with Crippen molar-refractivity contribution in [2.75, 3.05) is 45.9 Å². The second-order valence-corrected chi connectivity index (χ2v) is 6.78. The van der Waals surface area contributed by atoms with Crippen molar-refractivity contribution in [3.8, 4) is 0 Å². The Hall–Kier alpha value is -1.92. The fourth-order valence-corrected chi connectivity index (χ4v) is 3.76. The van der Waals surface area contributed by atoms with Crippen LogP contribution in [0.3, 0.4) is 0 Å². The Morgan fingerprint density at radius 2 is 2.12 bits per heavy atom. The molecular weight excluding hydrogens is 304 g/mol. The van der Waals surface area contributed by atoms with E-state index >= 15 is 0 Å². The van der Waals surface area contributed by atoms with Gasteiger partial charge in [0.2, 0.25) is 5.91 Å². The molecule has 2 saturated heterocycles. The molecular formula is C18H24N4O2. The maximum atomic E-state index is 12.6. The number of likely N-dealkylation sites (tertiary alicyclic amines) is 1. The number of morpholine rings is 1. The first kappa shape index (κ1) is 15.6. The molecule has 0 aromatic carbocycles. The number of fused-ring (bicyclic) bond motifs is 1. The highest BCUT2D eigenvalue weighted by atomic mass is 16.5. The zero-order valence-corrected chi connectivity index (χ0v) is 13.9. The van der Waals surface area contributed by atoms with Crippen LogP contribution in [0.1, 0.15) is 12.0 Å². The average molecular weight is 328 g/mol. The van der Waals surface area contributed by atoms with Crippen molar-refractivity contribution in [2.45, 2.75) is 12.8 Å². The largest absolute Gasteiger partial charge is 0.379 e. The lowest BCUT2D eigenvalue weighted by atomic mass is 10.1. The van der Waals surface area contributed by atoms with Crippen LogP contribution in [0.25, 0.3) is 5.52 Å². The minimum atomic E-state index is 0.221. The predicted octanol–water partition coefficient (Wildman–Crippen LogP) is 1.06. The van der Waals surface area contributed by atoms with Crippen LogP contribution in [-0.4, -0.2) is 71.3 Å². The fourth-order valence-electron chi connectivity index (χ4n) is 3.76. The first-order valence-electron chi connectivity index (χ1n) is 8.79. The predicted molar refractivity (Wildman–Crippen MR) is 90.8 cm³/mol. The number of pyridine rings is 1. The zero-order valence-electron chi connectivity index (χ0n) is 13.9. The maximum absolute atomic E-state index is 12.6. The van der Waals surface area contributed by atoms with E-state index in [1.165, 1.54) is 0 Å². The molecule has 0 radical (unpaired) electrons. The van der Waals surface area contributed by atoms with Crippen molar-refractivity contribution < 1.29 is 9.53 Å². The van der Waals surface area contributed by atoms with Crippen molar-refractivity contribution in [3.63, 3.8) is 0 Å². The average Bonchev–Trinajstić information content (AvgIpc) is 3.24. The minimum Gasteiger partial charge on any atom is -0.379 e. The summed E-state index contributed by atoms with van der Waals surface area (Å²) in [6.07, 6.45) is 5.28. The van der Waals surface area contributed by atoms with Gasteiger partial charge in [-0.2, -0.15) is 5.10 Å². The highest BCUT2D eigenvalue weighted by molar-refractivity contribution is 5.81. The fraction of sp³-hybridized carbons (Fsp3) is 0.556. The first-order valence-corrected chi connectivity index (χ1v) is 8.79. The third-order valence-electron chi connectivity index (χ3n) is 5.11. The summed E-state index contributed by atoms with van der Waals surface area (Å²) in [5, 5.41) is 4.32. The van der Waals surface area contributed by atoms with Gasteiger partial charge in [0.05, 0.1) is 31.3 Å². The number of ether oxygens (including phenoxy) is 1. The molecule has 0 bridgehead atoms. The van der Waals surface area contributed by atoms with E-state index in [2.05, 4.69) is 10.00 Å². The van der Waals surface area contributed by atoms with Gasteiger partial charge in [0.15, 0.2) is 0 Å². The number of carbonyl (C=O) groups is 1. The van der Waals surface area contributed by atoms with Crippen molar-refractivity contribution in [2.24, 2.45) is 5.92 Å². The van der Waals surface area contributed by atoms with E-state index in [0.29, 0.717) is 12.3 Å². The van der Waals surface area contributed by atoms with Crippen molar-refractivity contribution >= 4 is 11.4 Å². The van der Waals surface area contributed by atoms with E-state index in [9.17, 15) is 4.79 Å². The highest BCUT2D eigenvalue weighted by Crippen LogP contribution is 2.20. The summed E-state index contributed by atoms with van der Waals surface area (Å²) in [5.74, 6) is 0.814. The molecule has 4 heterocycles. The number of nitrogens with zero attached hydrogens (tertiary/aromatic N) is 4. The maximum Gasteiger partial charge on any atom is 0.227 e. The molecule has 24 heavy (non-hydrogen) atoms. The first-order chi connectivity index (χ1) is 11.8. The third kappa shape index (κ3) is 3.30. The van der Waals surface area contributed by atoms with Gasteiger partial charge < -0.3 is 9.64 Å². The van der Waals surface area contributed by atoms with E-state index in [1.807, 2.05) is 40.0 Å². The Balaban J connectivity index is 1.34. The second-order valence-electron chi connectivity index (χ2n) is 6.78. The summed E-state index contributed by atoms with van der Waals surface area (Å²) in [6.45, 7) is 6.57. The molecule has 2 fully saturated rings. The van der Waals surface area contributed by atoms with Crippen LogP contribution >= 0.6 is 0 Å². The topological polar surface area (TPSA) is 50.1 Å². The monoisotopic (exact) mass is 328 g/mol. The van der Waals surface area contributed by atoms with Gasteiger partial charge in [0.25, 0.3) is 0 Å². The van der Waals surface area contributed by atoms with Crippen LogP contribution in [0.15, 0.2) is 30.6 Å². The summed E-state index contributed by atoms with van der Waals surface area (Å²) < 4.78 is 7.23. The van der Waals surface area contributed by atoms with Crippen LogP contribution in [-0.2, 0) is 16.0 Å². The quantitative estimate of drug-likeness (QED) is 0.842. The molecule has 4 rings (SSSR count). The van der Waals surface area contributed by atoms with Gasteiger partial charge in [0, 0.05) is 44.5 Å². The van der Waals surface area contributed by atoms with Gasteiger partial charge in [-0.05, 0) is 24.5 Å². The molecule has 0 spiro atoms. The SMILES string of the molecule is O=C(Cc1cnn2ccccc12)N1CCC(CN2CCOCC2)C1. The Kier molecular flexibility index (Phi) is 4.49. The Labute approximate surface area is 142 Å². The number of carbonyl (C=O) groups excluding carboxylic acids is 1. The van der Waals surface area contributed by atoms with E-state index in [1.54, 1.807) is 0 Å². The van der Waals surface area contributed by atoms with Gasteiger partial charge in [-0.25, -0.2) is 4.52 Å². The van der Waals surface area contributed by atoms with Gasteiger partial charge in [0.1, 0.15) is 0 Å². The number of aromatic nitrogens is 2. The van der Waals surface area contributed by atoms with E-state index in [4.69, 9.17) is 4.74 Å². The molecule has 2 aliphatic rings. The van der Waals surface area contributed by atoms with Crippen LogP contribution in [0, 0.1) is 5.92 Å². The van der Waals surface area contributed by atoms with E-state index < -0.39 is 0 Å². The molecule has 6 heteroatoms. The number of rotatable bonds is 4.